The van der Waals surface area contributed by atoms with E-state index in [0.717, 1.165) is 5.56 Å². The molecule has 0 fully saturated rings. The Kier molecular flexibility index (Phi) is 5.94. The number of benzene rings is 2. The molecule has 3 N–H and O–H groups in total. The Balaban J connectivity index is 2.15. The second kappa shape index (κ2) is 8.14. The summed E-state index contributed by atoms with van der Waals surface area (Å²) in [4.78, 5) is 11.9. The summed E-state index contributed by atoms with van der Waals surface area (Å²) in [6.45, 7) is 2.74. The molecule has 2 aromatic rings. The lowest BCUT2D eigenvalue weighted by Gasteiger charge is -2.13. The molecule has 23 heavy (non-hydrogen) atoms. The molecule has 120 valence electrons. The van der Waals surface area contributed by atoms with E-state index in [9.17, 15) is 4.79 Å². The molecule has 0 aromatic heterocycles. The fourth-order valence-corrected chi connectivity index (χ4v) is 2.05. The van der Waals surface area contributed by atoms with Crippen LogP contribution in [0, 0.1) is 0 Å². The Morgan fingerprint density at radius 3 is 2.52 bits per heavy atom. The first-order valence-electron chi connectivity index (χ1n) is 7.14. The van der Waals surface area contributed by atoms with E-state index in [1.807, 2.05) is 37.3 Å². The highest BCUT2D eigenvalue weighted by Crippen LogP contribution is 2.29. The molecule has 0 aliphatic heterocycles. The van der Waals surface area contributed by atoms with Crippen LogP contribution in [0.15, 0.2) is 48.5 Å². The molecular weight excluding hydrogens is 312 g/mol. The number of carbonyl (C=O) groups excluding carboxylic acids is 1. The van der Waals surface area contributed by atoms with Gasteiger partial charge in [0.05, 0.1) is 6.61 Å². The number of thiocarbonyl (C=S) groups is 1. The maximum Gasteiger partial charge on any atom is 0.257 e. The van der Waals surface area contributed by atoms with E-state index < -0.39 is 0 Å². The van der Waals surface area contributed by atoms with Crippen LogP contribution in [0.1, 0.15) is 22.8 Å². The van der Waals surface area contributed by atoms with Crippen molar-refractivity contribution in [3.05, 3.63) is 59.7 Å². The van der Waals surface area contributed by atoms with E-state index in [2.05, 4.69) is 17.5 Å². The monoisotopic (exact) mass is 330 g/mol. The van der Waals surface area contributed by atoms with Crippen LogP contribution in [0.3, 0.4) is 0 Å². The van der Waals surface area contributed by atoms with Crippen LogP contribution in [0.4, 0.5) is 0 Å². The first-order chi connectivity index (χ1) is 11.1. The van der Waals surface area contributed by atoms with Gasteiger partial charge in [0.2, 0.25) is 0 Å². The van der Waals surface area contributed by atoms with Crippen LogP contribution >= 0.6 is 12.2 Å². The van der Waals surface area contributed by atoms with Crippen LogP contribution in [-0.2, 0) is 6.61 Å². The van der Waals surface area contributed by atoms with E-state index in [4.69, 9.17) is 15.2 Å². The number of hydrogen-bond donors (Lipinski definition) is 2. The predicted molar refractivity (Wildman–Crippen MR) is 92.6 cm³/mol. The number of amides is 1. The SMILES string of the molecule is CCOc1cc(C(=O)NC(N)=S)ccc1OCc1ccccc1. The van der Waals surface area contributed by atoms with Gasteiger partial charge >= 0.3 is 0 Å². The minimum atomic E-state index is -0.381. The van der Waals surface area contributed by atoms with E-state index >= 15 is 0 Å². The lowest BCUT2D eigenvalue weighted by atomic mass is 10.2. The Bertz CT molecular complexity index is 689. The number of hydrogen-bond acceptors (Lipinski definition) is 4. The van der Waals surface area contributed by atoms with Crippen molar-refractivity contribution >= 4 is 23.2 Å². The largest absolute Gasteiger partial charge is 0.490 e. The van der Waals surface area contributed by atoms with Crippen LogP contribution in [0.5, 0.6) is 11.5 Å². The summed E-state index contributed by atoms with van der Waals surface area (Å²) in [6, 6.07) is 14.7. The Hall–Kier alpha value is -2.60. The van der Waals surface area contributed by atoms with E-state index in [-0.39, 0.29) is 11.0 Å². The first-order valence-corrected chi connectivity index (χ1v) is 7.55. The molecule has 0 atom stereocenters. The molecule has 0 unspecified atom stereocenters. The Labute approximate surface area is 140 Å². The molecule has 1 amide bonds. The molecule has 5 nitrogen and oxygen atoms in total. The van der Waals surface area contributed by atoms with Gasteiger partial charge in [-0.1, -0.05) is 30.3 Å². The summed E-state index contributed by atoms with van der Waals surface area (Å²) in [5.74, 6) is 0.690. The third-order valence-corrected chi connectivity index (χ3v) is 3.08. The maximum atomic E-state index is 11.9. The molecule has 0 aliphatic carbocycles. The fourth-order valence-electron chi connectivity index (χ4n) is 1.96. The zero-order valence-corrected chi connectivity index (χ0v) is 13.6. The van der Waals surface area contributed by atoms with Crippen LogP contribution in [-0.4, -0.2) is 17.6 Å². The third kappa shape index (κ3) is 4.96. The van der Waals surface area contributed by atoms with Crippen molar-refractivity contribution in [2.75, 3.05) is 6.61 Å². The highest BCUT2D eigenvalue weighted by atomic mass is 32.1. The molecule has 0 saturated heterocycles. The molecule has 0 saturated carbocycles. The summed E-state index contributed by atoms with van der Waals surface area (Å²) in [6.07, 6.45) is 0. The van der Waals surface area contributed by atoms with Gasteiger partial charge in [-0.15, -0.1) is 0 Å². The number of rotatable bonds is 6. The van der Waals surface area contributed by atoms with E-state index in [0.29, 0.717) is 30.3 Å². The molecule has 0 heterocycles. The second-order valence-electron chi connectivity index (χ2n) is 4.69. The highest BCUT2D eigenvalue weighted by molar-refractivity contribution is 7.80. The summed E-state index contributed by atoms with van der Waals surface area (Å²) in [5.41, 5.74) is 6.76. The van der Waals surface area contributed by atoms with Crippen molar-refractivity contribution in [1.82, 2.24) is 5.32 Å². The normalized spacial score (nSPS) is 9.96. The van der Waals surface area contributed by atoms with Gasteiger partial charge in [-0.25, -0.2) is 0 Å². The van der Waals surface area contributed by atoms with Crippen molar-refractivity contribution in [1.29, 1.82) is 0 Å². The van der Waals surface area contributed by atoms with Crippen molar-refractivity contribution in [3.63, 3.8) is 0 Å². The van der Waals surface area contributed by atoms with Crippen molar-refractivity contribution < 1.29 is 14.3 Å². The number of carbonyl (C=O) groups is 1. The highest BCUT2D eigenvalue weighted by Gasteiger charge is 2.12. The van der Waals surface area contributed by atoms with Gasteiger partial charge < -0.3 is 15.2 Å². The van der Waals surface area contributed by atoms with Crippen molar-refractivity contribution in [2.24, 2.45) is 5.73 Å². The van der Waals surface area contributed by atoms with Gasteiger partial charge in [0.25, 0.3) is 5.91 Å². The number of nitrogens with one attached hydrogen (secondary N) is 1. The standard InChI is InChI=1S/C17H18N2O3S/c1-2-21-15-10-13(16(20)19-17(18)23)8-9-14(15)22-11-12-6-4-3-5-7-12/h3-10H,2,11H2,1H3,(H3,18,19,20,23). The van der Waals surface area contributed by atoms with Crippen LogP contribution in [0.2, 0.25) is 0 Å². The van der Waals surface area contributed by atoms with Gasteiger partial charge in [0.1, 0.15) is 6.61 Å². The summed E-state index contributed by atoms with van der Waals surface area (Å²) in [5, 5.41) is 2.31. The quantitative estimate of drug-likeness (QED) is 0.797. The van der Waals surface area contributed by atoms with Gasteiger partial charge in [-0.3, -0.25) is 10.1 Å². The molecule has 0 spiro atoms. The van der Waals surface area contributed by atoms with Crippen molar-refractivity contribution in [3.8, 4) is 11.5 Å². The van der Waals surface area contributed by atoms with Gasteiger partial charge in [0, 0.05) is 5.56 Å². The molecule has 6 heteroatoms. The fraction of sp³-hybridized carbons (Fsp3) is 0.176. The molecule has 0 aliphatic rings. The molecular formula is C17H18N2O3S. The molecule has 2 aromatic carbocycles. The van der Waals surface area contributed by atoms with Gasteiger partial charge in [0.15, 0.2) is 16.6 Å². The number of ether oxygens (including phenoxy) is 2. The topological polar surface area (TPSA) is 73.6 Å². The average Bonchev–Trinajstić information content (AvgIpc) is 2.54. The van der Waals surface area contributed by atoms with Gasteiger partial charge in [-0.2, -0.15) is 0 Å². The summed E-state index contributed by atoms with van der Waals surface area (Å²) < 4.78 is 11.3. The predicted octanol–water partition coefficient (Wildman–Crippen LogP) is 2.64. The molecule has 0 radical (unpaired) electrons. The Morgan fingerprint density at radius 2 is 1.87 bits per heavy atom. The summed E-state index contributed by atoms with van der Waals surface area (Å²) >= 11 is 4.67. The third-order valence-electron chi connectivity index (χ3n) is 2.98. The van der Waals surface area contributed by atoms with E-state index in [1.54, 1.807) is 18.2 Å². The van der Waals surface area contributed by atoms with Crippen LogP contribution in [0.25, 0.3) is 0 Å². The number of nitrogens with two attached hydrogens (primary N) is 1. The lowest BCUT2D eigenvalue weighted by molar-refractivity contribution is 0.0977. The minimum Gasteiger partial charge on any atom is -0.490 e. The average molecular weight is 330 g/mol. The lowest BCUT2D eigenvalue weighted by Crippen LogP contribution is -2.34. The molecule has 2 rings (SSSR count). The van der Waals surface area contributed by atoms with Crippen molar-refractivity contribution in [2.45, 2.75) is 13.5 Å². The molecule has 0 bridgehead atoms. The maximum absolute atomic E-state index is 11.9. The van der Waals surface area contributed by atoms with Crippen LogP contribution < -0.4 is 20.5 Å². The first kappa shape index (κ1) is 16.8. The smallest absolute Gasteiger partial charge is 0.257 e. The summed E-state index contributed by atoms with van der Waals surface area (Å²) in [7, 11) is 0. The van der Waals surface area contributed by atoms with Gasteiger partial charge in [-0.05, 0) is 42.9 Å². The zero-order valence-electron chi connectivity index (χ0n) is 12.7. The second-order valence-corrected chi connectivity index (χ2v) is 5.13. The zero-order chi connectivity index (χ0) is 16.7. The van der Waals surface area contributed by atoms with E-state index in [1.165, 1.54) is 0 Å². The minimum absolute atomic E-state index is 0.0719. The Morgan fingerprint density at radius 1 is 1.13 bits per heavy atom.